The van der Waals surface area contributed by atoms with Crippen LogP contribution in [0.1, 0.15) is 33.9 Å². The molecule has 2 aliphatic carbocycles. The van der Waals surface area contributed by atoms with E-state index in [-0.39, 0.29) is 52.0 Å². The number of nitro benzene ring substituents is 1. The number of carbonyl (C=O) groups excluding carboxylic acids is 2. The van der Waals surface area contributed by atoms with Crippen LogP contribution in [0.25, 0.3) is 0 Å². The summed E-state index contributed by atoms with van der Waals surface area (Å²) < 4.78 is 6.36. The molecule has 222 valence electrons. The van der Waals surface area contributed by atoms with Crippen molar-refractivity contribution in [3.63, 3.8) is 0 Å². The lowest BCUT2D eigenvalue weighted by Gasteiger charge is -2.43. The van der Waals surface area contributed by atoms with Crippen LogP contribution in [-0.2, 0) is 16.2 Å². The molecule has 1 N–H and O–H groups in total. The van der Waals surface area contributed by atoms with Gasteiger partial charge in [-0.05, 0) is 54.9 Å². The van der Waals surface area contributed by atoms with E-state index < -0.39 is 22.7 Å². The van der Waals surface area contributed by atoms with Crippen LogP contribution in [0.2, 0.25) is 0 Å². The molecule has 0 radical (unpaired) electrons. The Morgan fingerprint density at radius 1 is 0.977 bits per heavy atom. The van der Waals surface area contributed by atoms with E-state index in [1.165, 1.54) is 11.0 Å². The third kappa shape index (κ3) is 4.09. The number of benzene rings is 3. The van der Waals surface area contributed by atoms with E-state index in [4.69, 9.17) is 4.74 Å². The molecular weight excluding hydrogens is 599 g/mol. The number of hydrogen-bond acceptors (Lipinski definition) is 8. The molecule has 44 heavy (non-hydrogen) atoms. The monoisotopic (exact) mass is 625 g/mol. The molecule has 6 unspecified atom stereocenters. The molecule has 2 saturated carbocycles. The van der Waals surface area contributed by atoms with Crippen LogP contribution in [0.5, 0.6) is 5.75 Å². The SMILES string of the molecule is Cc1ccc(COc2ccc([N+](=O)[O-])cc2[C@H]2c3sc(=O)[nH]c3SC3C4CC(C5C(=O)N(c6ccccc6)C(=O)C45)C32)cc1. The van der Waals surface area contributed by atoms with Crippen molar-refractivity contribution in [2.45, 2.75) is 36.1 Å². The number of amides is 2. The summed E-state index contributed by atoms with van der Waals surface area (Å²) in [5.41, 5.74) is 3.25. The van der Waals surface area contributed by atoms with Crippen LogP contribution in [0, 0.1) is 46.6 Å². The number of aryl methyl sites for hydroxylation is 1. The topological polar surface area (TPSA) is 123 Å². The van der Waals surface area contributed by atoms with Crippen molar-refractivity contribution < 1.29 is 19.2 Å². The number of hydrogen-bond donors (Lipinski definition) is 1. The number of nitro groups is 1. The van der Waals surface area contributed by atoms with E-state index in [9.17, 15) is 24.5 Å². The molecule has 4 aromatic rings. The lowest BCUT2D eigenvalue weighted by molar-refractivity contribution is -0.385. The summed E-state index contributed by atoms with van der Waals surface area (Å²) in [4.78, 5) is 57.0. The minimum absolute atomic E-state index is 0.0410. The molecule has 2 amide bonds. The molecule has 3 heterocycles. The number of fused-ring (bicyclic) bond motifs is 9. The molecule has 4 aliphatic rings. The highest BCUT2D eigenvalue weighted by Crippen LogP contribution is 2.69. The third-order valence-corrected chi connectivity index (χ3v) is 12.4. The van der Waals surface area contributed by atoms with Crippen molar-refractivity contribution in [2.24, 2.45) is 29.6 Å². The maximum absolute atomic E-state index is 14.0. The van der Waals surface area contributed by atoms with E-state index in [1.54, 1.807) is 36.0 Å². The molecule has 0 spiro atoms. The standard InChI is InChI=1S/C33H27N3O6S2/c1-16-7-9-17(10-8-16)15-42-23-12-11-19(36(40)41)13-20(23)24-25-21-14-22(28(25)43-30-29(24)44-33(39)34-30)27-26(21)31(37)35(32(27)38)18-5-3-2-4-6-18/h2-13,21-22,24-28H,14-15H2,1H3,(H,34,39)/t21?,22?,24-,25?,26?,27?,28?/m1/s1. The van der Waals surface area contributed by atoms with Gasteiger partial charge in [0.05, 0.1) is 27.5 Å². The number of anilines is 1. The molecule has 1 aromatic heterocycles. The van der Waals surface area contributed by atoms with Gasteiger partial charge in [0.2, 0.25) is 11.8 Å². The second kappa shape index (κ2) is 10.2. The molecular formula is C33H27N3O6S2. The van der Waals surface area contributed by atoms with Crippen LogP contribution >= 0.6 is 23.1 Å². The lowest BCUT2D eigenvalue weighted by atomic mass is 9.68. The number of rotatable bonds is 6. The van der Waals surface area contributed by atoms with Crippen LogP contribution in [0.15, 0.2) is 82.6 Å². The van der Waals surface area contributed by atoms with Gasteiger partial charge in [-0.1, -0.05) is 59.4 Å². The van der Waals surface area contributed by atoms with Crippen molar-refractivity contribution in [2.75, 3.05) is 4.90 Å². The number of non-ortho nitro benzene ring substituents is 1. The number of aromatic nitrogens is 1. The maximum Gasteiger partial charge on any atom is 0.305 e. The summed E-state index contributed by atoms with van der Waals surface area (Å²) in [6.45, 7) is 2.28. The van der Waals surface area contributed by atoms with Gasteiger partial charge in [0.25, 0.3) is 5.69 Å². The van der Waals surface area contributed by atoms with Gasteiger partial charge in [-0.2, -0.15) is 0 Å². The van der Waals surface area contributed by atoms with Gasteiger partial charge in [0, 0.05) is 33.7 Å². The van der Waals surface area contributed by atoms with E-state index in [0.29, 0.717) is 17.0 Å². The van der Waals surface area contributed by atoms with Gasteiger partial charge < -0.3 is 9.72 Å². The molecule has 3 fully saturated rings. The number of ether oxygens (including phenoxy) is 1. The minimum atomic E-state index is -0.468. The van der Waals surface area contributed by atoms with Gasteiger partial charge in [0.1, 0.15) is 12.4 Å². The average Bonchev–Trinajstić information content (AvgIpc) is 3.76. The third-order valence-electron chi connectivity index (χ3n) is 9.79. The summed E-state index contributed by atoms with van der Waals surface area (Å²) in [6, 6.07) is 21.7. The quantitative estimate of drug-likeness (QED) is 0.161. The van der Waals surface area contributed by atoms with Gasteiger partial charge >= 0.3 is 4.87 Å². The predicted octanol–water partition coefficient (Wildman–Crippen LogP) is 5.91. The first-order valence-corrected chi connectivity index (χ1v) is 16.3. The summed E-state index contributed by atoms with van der Waals surface area (Å²) in [7, 11) is 0. The largest absolute Gasteiger partial charge is 0.489 e. The Bertz CT molecular complexity index is 1890. The number of imide groups is 1. The van der Waals surface area contributed by atoms with Crippen molar-refractivity contribution in [3.05, 3.63) is 114 Å². The Morgan fingerprint density at radius 2 is 1.70 bits per heavy atom. The fourth-order valence-corrected chi connectivity index (χ4v) is 10.9. The first-order valence-electron chi connectivity index (χ1n) is 14.6. The van der Waals surface area contributed by atoms with E-state index in [1.807, 2.05) is 49.4 Å². The zero-order valence-corrected chi connectivity index (χ0v) is 25.2. The van der Waals surface area contributed by atoms with Crippen molar-refractivity contribution in [3.8, 4) is 5.75 Å². The maximum atomic E-state index is 14.0. The number of nitrogens with one attached hydrogen (secondary N) is 1. The smallest absolute Gasteiger partial charge is 0.305 e. The highest BCUT2D eigenvalue weighted by atomic mass is 32.2. The summed E-state index contributed by atoms with van der Waals surface area (Å²) >= 11 is 2.70. The predicted molar refractivity (Wildman–Crippen MR) is 166 cm³/mol. The zero-order chi connectivity index (χ0) is 30.3. The van der Waals surface area contributed by atoms with E-state index >= 15 is 0 Å². The second-order valence-electron chi connectivity index (χ2n) is 12.1. The van der Waals surface area contributed by atoms with Crippen molar-refractivity contribution in [1.29, 1.82) is 0 Å². The fraction of sp³-hybridized carbons (Fsp3) is 0.303. The van der Waals surface area contributed by atoms with Crippen LogP contribution in [0.3, 0.4) is 0 Å². The van der Waals surface area contributed by atoms with E-state index in [2.05, 4.69) is 4.98 Å². The molecule has 11 heteroatoms. The first-order chi connectivity index (χ1) is 21.3. The van der Waals surface area contributed by atoms with Gasteiger partial charge in [-0.15, -0.1) is 11.8 Å². The summed E-state index contributed by atoms with van der Waals surface area (Å²) in [5.74, 6) is -1.40. The number of carbonyl (C=O) groups is 2. The fourth-order valence-electron chi connectivity index (χ4n) is 8.07. The number of H-pyrrole nitrogens is 1. The summed E-state index contributed by atoms with van der Waals surface area (Å²) in [6.07, 6.45) is 0.724. The Morgan fingerprint density at radius 3 is 2.43 bits per heavy atom. The van der Waals surface area contributed by atoms with Gasteiger partial charge in [-0.25, -0.2) is 0 Å². The Balaban J connectivity index is 1.23. The number of para-hydroxylation sites is 1. The number of thiazole rings is 1. The number of nitrogens with zero attached hydrogens (tertiary/aromatic N) is 2. The van der Waals surface area contributed by atoms with Crippen molar-refractivity contribution in [1.82, 2.24) is 4.98 Å². The average molecular weight is 626 g/mol. The second-order valence-corrected chi connectivity index (χ2v) is 14.3. The van der Waals surface area contributed by atoms with Crippen LogP contribution < -0.4 is 14.5 Å². The van der Waals surface area contributed by atoms with Crippen LogP contribution in [0.4, 0.5) is 11.4 Å². The lowest BCUT2D eigenvalue weighted by Crippen LogP contribution is -2.42. The molecule has 2 aliphatic heterocycles. The number of thioether (sulfide) groups is 1. The summed E-state index contributed by atoms with van der Waals surface area (Å²) in [5, 5.41) is 12.7. The minimum Gasteiger partial charge on any atom is -0.489 e. The normalized spacial score (nSPS) is 28.1. The Labute approximate surface area is 260 Å². The molecule has 8 rings (SSSR count). The molecule has 1 saturated heterocycles. The van der Waals surface area contributed by atoms with Gasteiger partial charge in [0.15, 0.2) is 0 Å². The number of aromatic amines is 1. The highest BCUT2D eigenvalue weighted by molar-refractivity contribution is 8.00. The Kier molecular flexibility index (Phi) is 6.32. The van der Waals surface area contributed by atoms with E-state index in [0.717, 1.165) is 38.8 Å². The molecule has 2 bridgehead atoms. The molecule has 9 nitrogen and oxygen atoms in total. The van der Waals surface area contributed by atoms with Crippen LogP contribution in [-0.4, -0.2) is 27.0 Å². The first kappa shape index (κ1) is 27.3. The highest BCUT2D eigenvalue weighted by Gasteiger charge is 2.70. The van der Waals surface area contributed by atoms with Crippen molar-refractivity contribution >= 4 is 46.3 Å². The van der Waals surface area contributed by atoms with Gasteiger partial charge in [-0.3, -0.25) is 29.4 Å². The molecule has 3 aromatic carbocycles. The zero-order valence-electron chi connectivity index (χ0n) is 23.5. The molecule has 7 atom stereocenters. The Hall–Kier alpha value is -4.22.